The Morgan fingerprint density at radius 2 is 1.46 bits per heavy atom. The van der Waals surface area contributed by atoms with Crippen LogP contribution in [0, 0.1) is 6.92 Å². The Hall–Kier alpha value is -3.65. The largest absolute Gasteiger partial charge is 0.493 e. The molecule has 0 atom stereocenters. The molecule has 1 aromatic heterocycles. The lowest BCUT2D eigenvalue weighted by molar-refractivity contribution is 0.324. The number of rotatable bonds is 9. The number of benzene rings is 3. The first-order valence-corrected chi connectivity index (χ1v) is 12.2. The van der Waals surface area contributed by atoms with E-state index in [2.05, 4.69) is 75.1 Å². The molecule has 0 saturated carbocycles. The molecule has 0 aliphatic heterocycles. The standard InChI is InChI=1S/C27H30N4O3S/c1-18-7-9-19(10-8-18)17-35-27-29-28-26(31(27)22-13-11-21(12-14-22)30(2)3)20-15-23(32-4)25(34-6)24(16-20)33-5/h7-16H,17H2,1-6H3. The summed E-state index contributed by atoms with van der Waals surface area (Å²) in [6.45, 7) is 2.09. The molecule has 0 bridgehead atoms. The van der Waals surface area contributed by atoms with E-state index in [4.69, 9.17) is 14.2 Å². The van der Waals surface area contributed by atoms with Gasteiger partial charge in [0.1, 0.15) is 0 Å². The number of methoxy groups -OCH3 is 3. The summed E-state index contributed by atoms with van der Waals surface area (Å²) in [5, 5.41) is 9.95. The average molecular weight is 491 g/mol. The van der Waals surface area contributed by atoms with Gasteiger partial charge in [0.25, 0.3) is 0 Å². The molecule has 4 rings (SSSR count). The van der Waals surface area contributed by atoms with Crippen LogP contribution in [0.5, 0.6) is 17.2 Å². The number of aryl methyl sites for hydroxylation is 1. The molecule has 0 spiro atoms. The van der Waals surface area contributed by atoms with E-state index < -0.39 is 0 Å². The number of thioether (sulfide) groups is 1. The Labute approximate surface area is 210 Å². The second-order valence-electron chi connectivity index (χ2n) is 8.24. The van der Waals surface area contributed by atoms with Crippen molar-refractivity contribution in [3.8, 4) is 34.3 Å². The van der Waals surface area contributed by atoms with Gasteiger partial charge < -0.3 is 19.1 Å². The van der Waals surface area contributed by atoms with Crippen molar-refractivity contribution in [2.75, 3.05) is 40.3 Å². The lowest BCUT2D eigenvalue weighted by atomic mass is 10.1. The van der Waals surface area contributed by atoms with E-state index in [9.17, 15) is 0 Å². The summed E-state index contributed by atoms with van der Waals surface area (Å²) in [4.78, 5) is 2.07. The van der Waals surface area contributed by atoms with Crippen LogP contribution < -0.4 is 19.1 Å². The van der Waals surface area contributed by atoms with E-state index in [1.54, 1.807) is 33.1 Å². The lowest BCUT2D eigenvalue weighted by Gasteiger charge is -2.16. The Morgan fingerprint density at radius 3 is 2.00 bits per heavy atom. The molecule has 8 heteroatoms. The van der Waals surface area contributed by atoms with Gasteiger partial charge in [-0.25, -0.2) is 0 Å². The Balaban J connectivity index is 1.80. The summed E-state index contributed by atoms with van der Waals surface area (Å²) in [5.41, 5.74) is 5.37. The fourth-order valence-electron chi connectivity index (χ4n) is 3.73. The minimum atomic E-state index is 0.536. The Bertz CT molecular complexity index is 1260. The van der Waals surface area contributed by atoms with Crippen LogP contribution in [0.4, 0.5) is 5.69 Å². The zero-order chi connectivity index (χ0) is 24.9. The molecular weight excluding hydrogens is 460 g/mol. The van der Waals surface area contributed by atoms with Crippen LogP contribution in [0.25, 0.3) is 17.1 Å². The van der Waals surface area contributed by atoms with Crippen molar-refractivity contribution in [3.05, 3.63) is 71.8 Å². The number of ether oxygens (including phenoxy) is 3. The highest BCUT2D eigenvalue weighted by molar-refractivity contribution is 7.98. The summed E-state index contributed by atoms with van der Waals surface area (Å²) in [7, 11) is 8.86. The monoisotopic (exact) mass is 490 g/mol. The second-order valence-corrected chi connectivity index (χ2v) is 9.18. The maximum absolute atomic E-state index is 5.58. The van der Waals surface area contributed by atoms with Gasteiger partial charge in [0.05, 0.1) is 21.3 Å². The van der Waals surface area contributed by atoms with E-state index in [0.717, 1.165) is 27.8 Å². The Kier molecular flexibility index (Phi) is 7.51. The van der Waals surface area contributed by atoms with Crippen LogP contribution in [0.3, 0.4) is 0 Å². The molecule has 0 fully saturated rings. The summed E-state index contributed by atoms with van der Waals surface area (Å²) < 4.78 is 18.7. The van der Waals surface area contributed by atoms with Gasteiger partial charge in [-0.05, 0) is 48.9 Å². The Morgan fingerprint density at radius 1 is 0.829 bits per heavy atom. The number of hydrogen-bond acceptors (Lipinski definition) is 7. The second kappa shape index (κ2) is 10.7. The summed E-state index contributed by atoms with van der Waals surface area (Å²) in [6, 6.07) is 20.7. The lowest BCUT2D eigenvalue weighted by Crippen LogP contribution is -2.08. The third-order valence-corrected chi connectivity index (χ3v) is 6.67. The minimum absolute atomic E-state index is 0.536. The molecule has 35 heavy (non-hydrogen) atoms. The van der Waals surface area contributed by atoms with Crippen LogP contribution in [0.1, 0.15) is 11.1 Å². The zero-order valence-corrected chi connectivity index (χ0v) is 21.7. The number of aromatic nitrogens is 3. The first-order valence-electron chi connectivity index (χ1n) is 11.2. The molecule has 0 aliphatic rings. The fraction of sp³-hybridized carbons (Fsp3) is 0.259. The highest BCUT2D eigenvalue weighted by Gasteiger charge is 2.21. The molecule has 182 valence electrons. The molecule has 7 nitrogen and oxygen atoms in total. The molecule has 0 aliphatic carbocycles. The zero-order valence-electron chi connectivity index (χ0n) is 20.9. The third-order valence-electron chi connectivity index (χ3n) is 5.67. The van der Waals surface area contributed by atoms with Crippen LogP contribution in [-0.2, 0) is 5.75 Å². The van der Waals surface area contributed by atoms with E-state index in [-0.39, 0.29) is 0 Å². The van der Waals surface area contributed by atoms with Gasteiger partial charge in [-0.3, -0.25) is 4.57 Å². The van der Waals surface area contributed by atoms with Crippen molar-refractivity contribution >= 4 is 17.4 Å². The van der Waals surface area contributed by atoms with E-state index in [1.165, 1.54) is 11.1 Å². The first kappa shape index (κ1) is 24.5. The van der Waals surface area contributed by atoms with Gasteiger partial charge in [-0.1, -0.05) is 41.6 Å². The van der Waals surface area contributed by atoms with Gasteiger partial charge in [0, 0.05) is 36.8 Å². The maximum atomic E-state index is 5.58. The molecule has 0 radical (unpaired) electrons. The number of anilines is 1. The predicted octanol–water partition coefficient (Wildman–Crippen LogP) is 5.63. The van der Waals surface area contributed by atoms with Crippen LogP contribution in [0.15, 0.2) is 65.8 Å². The molecule has 0 amide bonds. The van der Waals surface area contributed by atoms with Crippen molar-refractivity contribution in [3.63, 3.8) is 0 Å². The molecule has 0 saturated heterocycles. The summed E-state index contributed by atoms with van der Waals surface area (Å²) >= 11 is 1.65. The van der Waals surface area contributed by atoms with Gasteiger partial charge in [-0.15, -0.1) is 10.2 Å². The molecule has 3 aromatic carbocycles. The topological polar surface area (TPSA) is 61.6 Å². The van der Waals surface area contributed by atoms with Crippen LogP contribution in [-0.4, -0.2) is 50.2 Å². The van der Waals surface area contributed by atoms with Crippen molar-refractivity contribution in [2.24, 2.45) is 0 Å². The van der Waals surface area contributed by atoms with Crippen molar-refractivity contribution in [1.82, 2.24) is 14.8 Å². The van der Waals surface area contributed by atoms with Gasteiger partial charge in [0.15, 0.2) is 22.5 Å². The van der Waals surface area contributed by atoms with Crippen molar-refractivity contribution in [2.45, 2.75) is 17.8 Å². The molecule has 4 aromatic rings. The molecule has 1 heterocycles. The van der Waals surface area contributed by atoms with Gasteiger partial charge in [-0.2, -0.15) is 0 Å². The van der Waals surface area contributed by atoms with Gasteiger partial charge in [0.2, 0.25) is 5.75 Å². The van der Waals surface area contributed by atoms with Crippen LogP contribution >= 0.6 is 11.8 Å². The number of hydrogen-bond donors (Lipinski definition) is 0. The van der Waals surface area contributed by atoms with Crippen molar-refractivity contribution < 1.29 is 14.2 Å². The predicted molar refractivity (Wildman–Crippen MR) is 142 cm³/mol. The molecular formula is C27H30N4O3S. The minimum Gasteiger partial charge on any atom is -0.493 e. The smallest absolute Gasteiger partial charge is 0.203 e. The van der Waals surface area contributed by atoms with E-state index >= 15 is 0 Å². The third kappa shape index (κ3) is 5.22. The fourth-order valence-corrected chi connectivity index (χ4v) is 4.63. The number of nitrogens with zero attached hydrogens (tertiary/aromatic N) is 4. The molecule has 0 N–H and O–H groups in total. The first-order chi connectivity index (χ1) is 16.9. The highest BCUT2D eigenvalue weighted by atomic mass is 32.2. The SMILES string of the molecule is COc1cc(-c2nnc(SCc3ccc(C)cc3)n2-c2ccc(N(C)C)cc2)cc(OC)c1OC. The summed E-state index contributed by atoms with van der Waals surface area (Å²) in [6.07, 6.45) is 0. The normalized spacial score (nSPS) is 10.8. The van der Waals surface area contributed by atoms with E-state index in [1.807, 2.05) is 26.2 Å². The summed E-state index contributed by atoms with van der Waals surface area (Å²) in [5.74, 6) is 3.13. The van der Waals surface area contributed by atoms with Gasteiger partial charge >= 0.3 is 0 Å². The molecule has 0 unspecified atom stereocenters. The highest BCUT2D eigenvalue weighted by Crippen LogP contribution is 2.42. The average Bonchev–Trinajstić information content (AvgIpc) is 3.31. The van der Waals surface area contributed by atoms with E-state index in [0.29, 0.717) is 23.1 Å². The quantitative estimate of drug-likeness (QED) is 0.282. The maximum Gasteiger partial charge on any atom is 0.203 e. The van der Waals surface area contributed by atoms with Crippen LogP contribution in [0.2, 0.25) is 0 Å². The van der Waals surface area contributed by atoms with Crippen molar-refractivity contribution in [1.29, 1.82) is 0 Å².